The molecule has 0 radical (unpaired) electrons. The van der Waals surface area contributed by atoms with Crippen molar-refractivity contribution >= 4 is 5.97 Å². The van der Waals surface area contributed by atoms with Gasteiger partial charge in [0.1, 0.15) is 0 Å². The lowest BCUT2D eigenvalue weighted by Crippen LogP contribution is -2.30. The van der Waals surface area contributed by atoms with Crippen molar-refractivity contribution in [2.75, 3.05) is 13.6 Å². The molecule has 1 fully saturated rings. The van der Waals surface area contributed by atoms with Crippen molar-refractivity contribution in [1.29, 1.82) is 0 Å². The minimum atomic E-state index is -0.896. The number of carboxylic acids is 1. The van der Waals surface area contributed by atoms with Gasteiger partial charge in [-0.05, 0) is 31.0 Å². The molecule has 1 aromatic rings. The van der Waals surface area contributed by atoms with Crippen LogP contribution in [0, 0.1) is 11.8 Å². The molecule has 0 amide bonds. The third-order valence-corrected chi connectivity index (χ3v) is 4.59. The van der Waals surface area contributed by atoms with Gasteiger partial charge in [0.2, 0.25) is 0 Å². The Labute approximate surface area is 127 Å². The highest BCUT2D eigenvalue weighted by molar-refractivity contribution is 5.88. The van der Waals surface area contributed by atoms with Crippen molar-refractivity contribution in [1.82, 2.24) is 9.88 Å². The topological polar surface area (TPSA) is 53.4 Å². The molecular weight excluding hydrogens is 264 g/mol. The molecule has 0 spiro atoms. The summed E-state index contributed by atoms with van der Waals surface area (Å²) < 4.78 is 0. The summed E-state index contributed by atoms with van der Waals surface area (Å²) >= 11 is 0. The zero-order chi connectivity index (χ0) is 15.2. The average Bonchev–Trinajstić information content (AvgIpc) is 2.48. The van der Waals surface area contributed by atoms with E-state index in [1.54, 1.807) is 18.3 Å². The smallest absolute Gasteiger partial charge is 0.337 e. The zero-order valence-electron chi connectivity index (χ0n) is 13.1. The van der Waals surface area contributed by atoms with Gasteiger partial charge in [-0.15, -0.1) is 0 Å². The first-order valence-corrected chi connectivity index (χ1v) is 7.93. The predicted octanol–water partition coefficient (Wildman–Crippen LogP) is 3.43. The summed E-state index contributed by atoms with van der Waals surface area (Å²) in [6.07, 6.45) is 8.47. The van der Waals surface area contributed by atoms with E-state index < -0.39 is 5.97 Å². The highest BCUT2D eigenvalue weighted by atomic mass is 16.4. The number of nitrogens with zero attached hydrogens (tertiary/aromatic N) is 2. The molecule has 1 atom stereocenters. The molecule has 0 aromatic carbocycles. The number of rotatable bonds is 6. The van der Waals surface area contributed by atoms with Gasteiger partial charge in [-0.1, -0.05) is 39.0 Å². The minimum absolute atomic E-state index is 0.315. The molecule has 0 unspecified atom stereocenters. The third kappa shape index (κ3) is 4.53. The van der Waals surface area contributed by atoms with Crippen LogP contribution in [0.3, 0.4) is 0 Å². The van der Waals surface area contributed by atoms with E-state index in [4.69, 9.17) is 0 Å². The summed E-state index contributed by atoms with van der Waals surface area (Å²) in [6.45, 7) is 3.92. The van der Waals surface area contributed by atoms with Crippen molar-refractivity contribution < 1.29 is 9.90 Å². The van der Waals surface area contributed by atoms with Gasteiger partial charge in [0.05, 0.1) is 11.3 Å². The largest absolute Gasteiger partial charge is 0.478 e. The van der Waals surface area contributed by atoms with E-state index in [2.05, 4.69) is 23.9 Å². The minimum Gasteiger partial charge on any atom is -0.478 e. The average molecular weight is 290 g/mol. The quantitative estimate of drug-likeness (QED) is 0.872. The maximum absolute atomic E-state index is 11.2. The highest BCUT2D eigenvalue weighted by Gasteiger charge is 2.21. The van der Waals surface area contributed by atoms with Crippen molar-refractivity contribution in [3.05, 3.63) is 29.6 Å². The van der Waals surface area contributed by atoms with Crippen LogP contribution >= 0.6 is 0 Å². The van der Waals surface area contributed by atoms with Crippen LogP contribution in [0.15, 0.2) is 18.3 Å². The molecular formula is C17H26N2O2. The fourth-order valence-electron chi connectivity index (χ4n) is 3.42. The maximum Gasteiger partial charge on any atom is 0.337 e. The Hall–Kier alpha value is -1.42. The Kier molecular flexibility index (Phi) is 5.74. The number of carboxylic acid groups (broad SMARTS) is 1. The summed E-state index contributed by atoms with van der Waals surface area (Å²) in [6, 6.07) is 3.31. The first-order chi connectivity index (χ1) is 10.1. The van der Waals surface area contributed by atoms with Crippen molar-refractivity contribution in [3.8, 4) is 0 Å². The number of hydrogen-bond donors (Lipinski definition) is 1. The summed E-state index contributed by atoms with van der Waals surface area (Å²) in [4.78, 5) is 17.7. The van der Waals surface area contributed by atoms with Gasteiger partial charge < -0.3 is 10.0 Å². The molecule has 4 nitrogen and oxygen atoms in total. The number of carbonyl (C=O) groups is 1. The van der Waals surface area contributed by atoms with E-state index in [-0.39, 0.29) is 0 Å². The van der Waals surface area contributed by atoms with Gasteiger partial charge in [0, 0.05) is 19.3 Å². The van der Waals surface area contributed by atoms with Gasteiger partial charge in [-0.3, -0.25) is 4.98 Å². The Morgan fingerprint density at radius 2 is 2.14 bits per heavy atom. The van der Waals surface area contributed by atoms with Crippen LogP contribution < -0.4 is 0 Å². The van der Waals surface area contributed by atoms with Crippen LogP contribution in [-0.4, -0.2) is 34.6 Å². The Bertz CT molecular complexity index is 470. The molecule has 1 aliphatic rings. The standard InChI is InChI=1S/C17H26N2O2/c1-13(14-7-4-3-5-8-14)11-19(2)12-16-15(17(20)21)9-6-10-18-16/h6,9-10,13-14H,3-5,7-8,11-12H2,1-2H3,(H,20,21)/t13-/m0/s1. The van der Waals surface area contributed by atoms with E-state index in [0.717, 1.165) is 12.5 Å². The summed E-state index contributed by atoms with van der Waals surface area (Å²) in [5.74, 6) is 0.586. The van der Waals surface area contributed by atoms with Crippen LogP contribution in [0.2, 0.25) is 0 Å². The van der Waals surface area contributed by atoms with Gasteiger partial charge >= 0.3 is 5.97 Å². The van der Waals surface area contributed by atoms with E-state index in [0.29, 0.717) is 23.7 Å². The zero-order valence-corrected chi connectivity index (χ0v) is 13.1. The van der Waals surface area contributed by atoms with Crippen molar-refractivity contribution in [2.24, 2.45) is 11.8 Å². The van der Waals surface area contributed by atoms with Gasteiger partial charge in [-0.2, -0.15) is 0 Å². The molecule has 0 saturated heterocycles. The van der Waals surface area contributed by atoms with Crippen LogP contribution in [-0.2, 0) is 6.54 Å². The van der Waals surface area contributed by atoms with Crippen LogP contribution in [0.4, 0.5) is 0 Å². The lowest BCUT2D eigenvalue weighted by Gasteiger charge is -2.30. The first kappa shape index (κ1) is 16.0. The van der Waals surface area contributed by atoms with Gasteiger partial charge in [0.15, 0.2) is 0 Å². The number of aromatic carboxylic acids is 1. The molecule has 0 aliphatic heterocycles. The van der Waals surface area contributed by atoms with Crippen molar-refractivity contribution in [2.45, 2.75) is 45.6 Å². The molecule has 1 saturated carbocycles. The van der Waals surface area contributed by atoms with E-state index in [1.807, 2.05) is 0 Å². The van der Waals surface area contributed by atoms with Crippen LogP contribution in [0.5, 0.6) is 0 Å². The Balaban J connectivity index is 1.92. The molecule has 2 rings (SSSR count). The molecule has 1 N–H and O–H groups in total. The fourth-order valence-corrected chi connectivity index (χ4v) is 3.42. The normalized spacial score (nSPS) is 17.9. The molecule has 1 heterocycles. The number of aromatic nitrogens is 1. The third-order valence-electron chi connectivity index (χ3n) is 4.59. The van der Waals surface area contributed by atoms with E-state index in [9.17, 15) is 9.90 Å². The summed E-state index contributed by atoms with van der Waals surface area (Å²) in [5.41, 5.74) is 0.970. The Morgan fingerprint density at radius 1 is 1.43 bits per heavy atom. The monoisotopic (exact) mass is 290 g/mol. The Morgan fingerprint density at radius 3 is 2.81 bits per heavy atom. The highest BCUT2D eigenvalue weighted by Crippen LogP contribution is 2.30. The van der Waals surface area contributed by atoms with Crippen molar-refractivity contribution in [3.63, 3.8) is 0 Å². The second-order valence-electron chi connectivity index (χ2n) is 6.37. The van der Waals surface area contributed by atoms with E-state index >= 15 is 0 Å². The summed E-state index contributed by atoms with van der Waals surface area (Å²) in [7, 11) is 2.06. The number of hydrogen-bond acceptors (Lipinski definition) is 3. The second-order valence-corrected chi connectivity index (χ2v) is 6.37. The molecule has 1 aromatic heterocycles. The fraction of sp³-hybridized carbons (Fsp3) is 0.647. The predicted molar refractivity (Wildman–Crippen MR) is 83.3 cm³/mol. The van der Waals surface area contributed by atoms with Crippen LogP contribution in [0.1, 0.15) is 55.1 Å². The number of pyridine rings is 1. The summed E-state index contributed by atoms with van der Waals surface area (Å²) in [5, 5.41) is 9.21. The molecule has 0 bridgehead atoms. The van der Waals surface area contributed by atoms with E-state index in [1.165, 1.54) is 32.1 Å². The SMILES string of the molecule is C[C@@H](CN(C)Cc1ncccc1C(=O)O)C1CCCCC1. The van der Waals surface area contributed by atoms with Crippen LogP contribution in [0.25, 0.3) is 0 Å². The molecule has 21 heavy (non-hydrogen) atoms. The molecule has 1 aliphatic carbocycles. The van der Waals surface area contributed by atoms with Gasteiger partial charge in [0.25, 0.3) is 0 Å². The van der Waals surface area contributed by atoms with Gasteiger partial charge in [-0.25, -0.2) is 4.79 Å². The lowest BCUT2D eigenvalue weighted by atomic mass is 9.80. The molecule has 116 valence electrons. The molecule has 4 heteroatoms. The maximum atomic E-state index is 11.2. The first-order valence-electron chi connectivity index (χ1n) is 7.93. The second kappa shape index (κ2) is 7.55. The lowest BCUT2D eigenvalue weighted by molar-refractivity contribution is 0.0693.